The largest absolute Gasteiger partial charge is 0.316 e. The number of hydrogen-bond donors (Lipinski definition) is 2. The van der Waals surface area contributed by atoms with Crippen LogP contribution in [0.3, 0.4) is 0 Å². The molecule has 0 bridgehead atoms. The summed E-state index contributed by atoms with van der Waals surface area (Å²) in [6.45, 7) is 2.62. The number of sulfonamides is 1. The summed E-state index contributed by atoms with van der Waals surface area (Å²) in [4.78, 5) is 0. The third-order valence-corrected chi connectivity index (χ3v) is 5.45. The molecule has 2 aromatic rings. The summed E-state index contributed by atoms with van der Waals surface area (Å²) in [6.07, 6.45) is 0. The van der Waals surface area contributed by atoms with Crippen LogP contribution < -0.4 is 10.0 Å². The molecule has 0 amide bonds. The van der Waals surface area contributed by atoms with Crippen molar-refractivity contribution in [3.63, 3.8) is 0 Å². The van der Waals surface area contributed by atoms with Crippen molar-refractivity contribution in [1.29, 1.82) is 0 Å². The zero-order chi connectivity index (χ0) is 13.9. The fraction of sp³-hybridized carbons (Fsp3) is 0.231. The predicted molar refractivity (Wildman–Crippen MR) is 79.1 cm³/mol. The minimum absolute atomic E-state index is 0.332. The first-order valence-corrected chi connectivity index (χ1v) is 8.19. The molecular weight excluding hydrogens is 280 g/mol. The standard InChI is InChI=1S/C13H16N2O2S2/c1-10-3-5-12(6-4-10)15-19(16,17)13-7-11(8-14-2)9-18-13/h3-7,9,14-15H,8H2,1-2H3. The molecule has 1 heterocycles. The Morgan fingerprint density at radius 1 is 1.21 bits per heavy atom. The molecule has 1 aromatic carbocycles. The third-order valence-electron chi connectivity index (χ3n) is 2.58. The maximum Gasteiger partial charge on any atom is 0.271 e. The molecule has 102 valence electrons. The topological polar surface area (TPSA) is 58.2 Å². The number of nitrogens with one attached hydrogen (secondary N) is 2. The number of rotatable bonds is 5. The van der Waals surface area contributed by atoms with E-state index in [0.717, 1.165) is 11.1 Å². The average molecular weight is 296 g/mol. The van der Waals surface area contributed by atoms with Crippen LogP contribution in [0.4, 0.5) is 5.69 Å². The highest BCUT2D eigenvalue weighted by Gasteiger charge is 2.16. The molecule has 0 aliphatic carbocycles. The fourth-order valence-corrected chi connectivity index (χ4v) is 3.89. The smallest absolute Gasteiger partial charge is 0.271 e. The highest BCUT2D eigenvalue weighted by atomic mass is 32.2. The van der Waals surface area contributed by atoms with Gasteiger partial charge in [0.2, 0.25) is 0 Å². The van der Waals surface area contributed by atoms with Crippen molar-refractivity contribution in [3.05, 3.63) is 46.8 Å². The third kappa shape index (κ3) is 3.56. The maximum absolute atomic E-state index is 12.2. The molecule has 0 saturated heterocycles. The van der Waals surface area contributed by atoms with Crippen LogP contribution >= 0.6 is 11.3 Å². The first kappa shape index (κ1) is 14.0. The van der Waals surface area contributed by atoms with Gasteiger partial charge in [-0.05, 0) is 43.1 Å². The Kier molecular flexibility index (Phi) is 4.24. The lowest BCUT2D eigenvalue weighted by Gasteiger charge is -2.06. The van der Waals surface area contributed by atoms with Crippen LogP contribution in [0.1, 0.15) is 11.1 Å². The van der Waals surface area contributed by atoms with Gasteiger partial charge in [-0.25, -0.2) is 8.42 Å². The zero-order valence-electron chi connectivity index (χ0n) is 10.8. The SMILES string of the molecule is CNCc1csc(S(=O)(=O)Nc2ccc(C)cc2)c1. The Labute approximate surface area is 117 Å². The molecule has 2 rings (SSSR count). The lowest BCUT2D eigenvalue weighted by atomic mass is 10.2. The summed E-state index contributed by atoms with van der Waals surface area (Å²) < 4.78 is 27.3. The number of anilines is 1. The van der Waals surface area contributed by atoms with E-state index in [1.165, 1.54) is 11.3 Å². The van der Waals surface area contributed by atoms with E-state index >= 15 is 0 Å². The van der Waals surface area contributed by atoms with Crippen molar-refractivity contribution < 1.29 is 8.42 Å². The maximum atomic E-state index is 12.2. The lowest BCUT2D eigenvalue weighted by Crippen LogP contribution is -2.11. The second-order valence-corrected chi connectivity index (χ2v) is 7.10. The van der Waals surface area contributed by atoms with Crippen LogP contribution in [0, 0.1) is 6.92 Å². The summed E-state index contributed by atoms with van der Waals surface area (Å²) in [7, 11) is -1.65. The van der Waals surface area contributed by atoms with E-state index in [-0.39, 0.29) is 0 Å². The highest BCUT2D eigenvalue weighted by Crippen LogP contribution is 2.23. The molecule has 0 spiro atoms. The number of hydrogen-bond acceptors (Lipinski definition) is 4. The van der Waals surface area contributed by atoms with Crippen molar-refractivity contribution in [2.75, 3.05) is 11.8 Å². The Morgan fingerprint density at radius 3 is 2.53 bits per heavy atom. The zero-order valence-corrected chi connectivity index (χ0v) is 12.4. The molecule has 0 aliphatic heterocycles. The first-order chi connectivity index (χ1) is 9.01. The van der Waals surface area contributed by atoms with Crippen LogP contribution in [0.15, 0.2) is 39.9 Å². The minimum atomic E-state index is -3.48. The van der Waals surface area contributed by atoms with Gasteiger partial charge in [0.05, 0.1) is 0 Å². The Bertz CT molecular complexity index is 646. The van der Waals surface area contributed by atoms with Crippen molar-refractivity contribution in [2.24, 2.45) is 0 Å². The van der Waals surface area contributed by atoms with E-state index in [0.29, 0.717) is 16.4 Å². The van der Waals surface area contributed by atoms with Crippen molar-refractivity contribution in [1.82, 2.24) is 5.32 Å². The van der Waals surface area contributed by atoms with Gasteiger partial charge in [0, 0.05) is 12.2 Å². The van der Waals surface area contributed by atoms with Gasteiger partial charge in [0.1, 0.15) is 4.21 Å². The summed E-state index contributed by atoms with van der Waals surface area (Å²) >= 11 is 1.23. The Balaban J connectivity index is 2.19. The molecule has 0 saturated carbocycles. The van der Waals surface area contributed by atoms with Gasteiger partial charge >= 0.3 is 0 Å². The molecular formula is C13H16N2O2S2. The van der Waals surface area contributed by atoms with E-state index in [4.69, 9.17) is 0 Å². The van der Waals surface area contributed by atoms with Gasteiger partial charge < -0.3 is 5.32 Å². The van der Waals surface area contributed by atoms with Crippen LogP contribution in [-0.2, 0) is 16.6 Å². The van der Waals surface area contributed by atoms with Gasteiger partial charge in [0.15, 0.2) is 0 Å². The van der Waals surface area contributed by atoms with E-state index in [1.54, 1.807) is 18.2 Å². The quantitative estimate of drug-likeness (QED) is 0.891. The van der Waals surface area contributed by atoms with Crippen LogP contribution in [-0.4, -0.2) is 15.5 Å². The minimum Gasteiger partial charge on any atom is -0.316 e. The van der Waals surface area contributed by atoms with Gasteiger partial charge in [-0.2, -0.15) is 0 Å². The van der Waals surface area contributed by atoms with E-state index in [9.17, 15) is 8.42 Å². The second-order valence-electron chi connectivity index (χ2n) is 4.28. The molecule has 4 nitrogen and oxygen atoms in total. The molecule has 0 aliphatic rings. The van der Waals surface area contributed by atoms with Gasteiger partial charge in [-0.1, -0.05) is 17.7 Å². The molecule has 0 radical (unpaired) electrons. The van der Waals surface area contributed by atoms with Crippen LogP contribution in [0.2, 0.25) is 0 Å². The van der Waals surface area contributed by atoms with Gasteiger partial charge in [-0.15, -0.1) is 11.3 Å². The molecule has 19 heavy (non-hydrogen) atoms. The van der Waals surface area contributed by atoms with Crippen molar-refractivity contribution in [3.8, 4) is 0 Å². The lowest BCUT2D eigenvalue weighted by molar-refractivity contribution is 0.603. The van der Waals surface area contributed by atoms with Crippen LogP contribution in [0.25, 0.3) is 0 Å². The molecule has 0 fully saturated rings. The fourth-order valence-electron chi connectivity index (χ4n) is 1.62. The number of thiophene rings is 1. The second kappa shape index (κ2) is 5.73. The van der Waals surface area contributed by atoms with E-state index in [2.05, 4.69) is 10.0 Å². The summed E-state index contributed by atoms with van der Waals surface area (Å²) in [6, 6.07) is 8.96. The first-order valence-electron chi connectivity index (χ1n) is 5.83. The Hall–Kier alpha value is -1.37. The average Bonchev–Trinajstić information content (AvgIpc) is 2.82. The molecule has 0 unspecified atom stereocenters. The predicted octanol–water partition coefficient (Wildman–Crippen LogP) is 2.58. The van der Waals surface area contributed by atoms with Gasteiger partial charge in [0.25, 0.3) is 10.0 Å². The van der Waals surface area contributed by atoms with Crippen molar-refractivity contribution in [2.45, 2.75) is 17.7 Å². The molecule has 1 aromatic heterocycles. The highest BCUT2D eigenvalue weighted by molar-refractivity contribution is 7.94. The molecule has 2 N–H and O–H groups in total. The monoisotopic (exact) mass is 296 g/mol. The van der Waals surface area contributed by atoms with Gasteiger partial charge in [-0.3, -0.25) is 4.72 Å². The van der Waals surface area contributed by atoms with E-state index in [1.807, 2.05) is 31.5 Å². The van der Waals surface area contributed by atoms with Crippen LogP contribution in [0.5, 0.6) is 0 Å². The van der Waals surface area contributed by atoms with Crippen molar-refractivity contribution >= 4 is 27.0 Å². The summed E-state index contributed by atoms with van der Waals surface area (Å²) in [5, 5.41) is 4.84. The molecule has 6 heteroatoms. The summed E-state index contributed by atoms with van der Waals surface area (Å²) in [5.41, 5.74) is 2.64. The Morgan fingerprint density at radius 2 is 1.89 bits per heavy atom. The number of benzene rings is 1. The molecule has 0 atom stereocenters. The summed E-state index contributed by atoms with van der Waals surface area (Å²) in [5.74, 6) is 0. The van der Waals surface area contributed by atoms with E-state index < -0.39 is 10.0 Å². The normalized spacial score (nSPS) is 11.5. The number of aryl methyl sites for hydroxylation is 1.